The van der Waals surface area contributed by atoms with Crippen LogP contribution in [0.25, 0.3) is 0 Å². The first kappa shape index (κ1) is 70.4. The molecule has 0 aromatic heterocycles. The summed E-state index contributed by atoms with van der Waals surface area (Å²) in [5.41, 5.74) is 0. The first-order valence-electron chi connectivity index (χ1n) is 32.1. The zero-order valence-corrected chi connectivity index (χ0v) is 48.9. The minimum absolute atomic E-state index is 0.0752. The SMILES string of the molecule is CCCCC/C=C/C/C=C/CCCCCCCCCC(=O)OC[C@H](COC(=O)CCCCCCCCCCC/C=C/CCCCCCCC)OC(=O)CCCCCCCCCCC/C=C/CCCCCCCC. The molecule has 0 aromatic rings. The van der Waals surface area contributed by atoms with E-state index < -0.39 is 6.10 Å². The van der Waals surface area contributed by atoms with E-state index in [1.807, 2.05) is 0 Å². The minimum atomic E-state index is -0.779. The molecule has 1 atom stereocenters. The Morgan fingerprint density at radius 3 is 0.795 bits per heavy atom. The molecule has 0 heterocycles. The van der Waals surface area contributed by atoms with Crippen molar-refractivity contribution < 1.29 is 28.6 Å². The van der Waals surface area contributed by atoms with Gasteiger partial charge >= 0.3 is 17.9 Å². The van der Waals surface area contributed by atoms with Crippen LogP contribution in [0.1, 0.15) is 342 Å². The van der Waals surface area contributed by atoms with Crippen LogP contribution in [0.15, 0.2) is 48.6 Å². The van der Waals surface area contributed by atoms with E-state index >= 15 is 0 Å². The smallest absolute Gasteiger partial charge is 0.306 e. The quantitative estimate of drug-likeness (QED) is 0.0261. The fraction of sp³-hybridized carbons (Fsp3) is 0.836. The Bertz CT molecular complexity index is 1270. The first-order chi connectivity index (χ1) is 36.0. The average molecular weight is 1020 g/mol. The molecule has 0 saturated heterocycles. The molecule has 0 amide bonds. The summed E-state index contributed by atoms with van der Waals surface area (Å²) in [6, 6.07) is 0. The third-order valence-electron chi connectivity index (χ3n) is 14.3. The molecule has 6 heteroatoms. The summed E-state index contributed by atoms with van der Waals surface area (Å²) in [5, 5.41) is 0. The van der Waals surface area contributed by atoms with Gasteiger partial charge in [0.05, 0.1) is 0 Å². The summed E-state index contributed by atoms with van der Waals surface area (Å²) in [6.45, 7) is 6.65. The lowest BCUT2D eigenvalue weighted by Gasteiger charge is -2.18. The molecular weight excluding hydrogens is 901 g/mol. The maximum Gasteiger partial charge on any atom is 0.306 e. The van der Waals surface area contributed by atoms with Gasteiger partial charge in [0.25, 0.3) is 0 Å². The normalized spacial score (nSPS) is 12.3. The van der Waals surface area contributed by atoms with Crippen molar-refractivity contribution in [2.24, 2.45) is 0 Å². The van der Waals surface area contributed by atoms with Crippen molar-refractivity contribution in [3.8, 4) is 0 Å². The topological polar surface area (TPSA) is 78.9 Å². The number of allylic oxidation sites excluding steroid dienone is 8. The van der Waals surface area contributed by atoms with Crippen LogP contribution in [0, 0.1) is 0 Å². The van der Waals surface area contributed by atoms with Crippen molar-refractivity contribution in [3.63, 3.8) is 0 Å². The number of carbonyl (C=O) groups is 3. The summed E-state index contributed by atoms with van der Waals surface area (Å²) in [6.07, 6.45) is 76.8. The van der Waals surface area contributed by atoms with Gasteiger partial charge in [-0.2, -0.15) is 0 Å². The fourth-order valence-corrected chi connectivity index (χ4v) is 9.41. The van der Waals surface area contributed by atoms with Crippen molar-refractivity contribution in [2.45, 2.75) is 348 Å². The molecule has 0 aromatic carbocycles. The van der Waals surface area contributed by atoms with E-state index in [1.54, 1.807) is 0 Å². The van der Waals surface area contributed by atoms with Gasteiger partial charge in [0.15, 0.2) is 6.10 Å². The maximum atomic E-state index is 12.9. The third kappa shape index (κ3) is 60.1. The van der Waals surface area contributed by atoms with Gasteiger partial charge in [-0.05, 0) is 103 Å². The summed E-state index contributed by atoms with van der Waals surface area (Å²) in [4.78, 5) is 38.3. The lowest BCUT2D eigenvalue weighted by molar-refractivity contribution is -0.167. The highest BCUT2D eigenvalue weighted by Crippen LogP contribution is 2.17. The lowest BCUT2D eigenvalue weighted by atomic mass is 10.1. The van der Waals surface area contributed by atoms with Crippen LogP contribution in [0.5, 0.6) is 0 Å². The largest absolute Gasteiger partial charge is 0.462 e. The zero-order chi connectivity index (χ0) is 52.9. The third-order valence-corrected chi connectivity index (χ3v) is 14.3. The summed E-state index contributed by atoms with van der Waals surface area (Å²) < 4.78 is 16.9. The van der Waals surface area contributed by atoms with Gasteiger partial charge < -0.3 is 14.2 Å². The molecule has 6 nitrogen and oxygen atoms in total. The van der Waals surface area contributed by atoms with Crippen molar-refractivity contribution in [1.29, 1.82) is 0 Å². The molecule has 0 rings (SSSR count). The van der Waals surface area contributed by atoms with Gasteiger partial charge in [0, 0.05) is 19.3 Å². The maximum absolute atomic E-state index is 12.9. The van der Waals surface area contributed by atoms with Crippen LogP contribution in [-0.4, -0.2) is 37.2 Å². The van der Waals surface area contributed by atoms with E-state index in [1.165, 1.54) is 231 Å². The van der Waals surface area contributed by atoms with Crippen LogP contribution in [0.4, 0.5) is 0 Å². The molecule has 0 bridgehead atoms. The second-order valence-corrected chi connectivity index (χ2v) is 21.7. The van der Waals surface area contributed by atoms with Crippen LogP contribution in [-0.2, 0) is 28.6 Å². The molecule has 0 aliphatic heterocycles. The Kier molecular flexibility index (Phi) is 59.7. The Morgan fingerprint density at radius 2 is 0.493 bits per heavy atom. The van der Waals surface area contributed by atoms with Gasteiger partial charge in [-0.25, -0.2) is 0 Å². The predicted octanol–water partition coefficient (Wildman–Crippen LogP) is 21.8. The Morgan fingerprint density at radius 1 is 0.274 bits per heavy atom. The highest BCUT2D eigenvalue weighted by molar-refractivity contribution is 5.71. The van der Waals surface area contributed by atoms with Crippen molar-refractivity contribution in [1.82, 2.24) is 0 Å². The average Bonchev–Trinajstić information content (AvgIpc) is 3.39. The standard InChI is InChI=1S/C67H122O6/c1-4-7-10-13-16-19-22-25-28-31-33-36-39-42-45-48-51-54-57-60-66(69)72-63-64(62-71-65(68)59-56-53-50-47-44-41-38-35-30-27-24-21-18-15-12-9-6-3)73-67(70)61-58-55-52-49-46-43-40-37-34-32-29-26-23-20-17-14-11-8-5-2/h18,21,25-30,64H,4-17,19-20,22-24,31-63H2,1-3H3/b21-18+,28-25+,29-26+,30-27+/t64-/m1/s1. The van der Waals surface area contributed by atoms with E-state index in [0.29, 0.717) is 19.3 Å². The Balaban J connectivity index is 4.36. The number of hydrogen-bond acceptors (Lipinski definition) is 6. The molecule has 0 unspecified atom stereocenters. The van der Waals surface area contributed by atoms with Gasteiger partial charge in [-0.3, -0.25) is 14.4 Å². The Hall–Kier alpha value is -2.63. The van der Waals surface area contributed by atoms with E-state index in [2.05, 4.69) is 69.4 Å². The highest BCUT2D eigenvalue weighted by Gasteiger charge is 2.19. The van der Waals surface area contributed by atoms with Crippen LogP contribution >= 0.6 is 0 Å². The number of esters is 3. The van der Waals surface area contributed by atoms with Gasteiger partial charge in [-0.1, -0.05) is 268 Å². The second kappa shape index (κ2) is 61.9. The Labute approximate surface area is 454 Å². The first-order valence-corrected chi connectivity index (χ1v) is 32.1. The molecule has 0 fully saturated rings. The molecule has 0 saturated carbocycles. The number of ether oxygens (including phenoxy) is 3. The van der Waals surface area contributed by atoms with E-state index in [0.717, 1.165) is 70.6 Å². The molecular formula is C67H122O6. The minimum Gasteiger partial charge on any atom is -0.462 e. The monoisotopic (exact) mass is 1020 g/mol. The van der Waals surface area contributed by atoms with E-state index in [4.69, 9.17) is 14.2 Å². The highest BCUT2D eigenvalue weighted by atomic mass is 16.6. The number of unbranched alkanes of at least 4 members (excludes halogenated alkanes) is 40. The van der Waals surface area contributed by atoms with Gasteiger partial charge in [0.1, 0.15) is 13.2 Å². The lowest BCUT2D eigenvalue weighted by Crippen LogP contribution is -2.30. The van der Waals surface area contributed by atoms with Gasteiger partial charge in [-0.15, -0.1) is 0 Å². The van der Waals surface area contributed by atoms with Crippen molar-refractivity contribution in [2.75, 3.05) is 13.2 Å². The number of rotatable bonds is 59. The summed E-state index contributed by atoms with van der Waals surface area (Å²) in [7, 11) is 0. The van der Waals surface area contributed by atoms with Crippen molar-refractivity contribution >= 4 is 17.9 Å². The number of carbonyl (C=O) groups excluding carboxylic acids is 3. The van der Waals surface area contributed by atoms with Crippen LogP contribution in [0.3, 0.4) is 0 Å². The second-order valence-electron chi connectivity index (χ2n) is 21.7. The predicted molar refractivity (Wildman–Crippen MR) is 316 cm³/mol. The van der Waals surface area contributed by atoms with Crippen LogP contribution in [0.2, 0.25) is 0 Å². The van der Waals surface area contributed by atoms with Crippen molar-refractivity contribution in [3.05, 3.63) is 48.6 Å². The molecule has 0 aliphatic rings. The molecule has 0 radical (unpaired) electrons. The molecule has 73 heavy (non-hydrogen) atoms. The molecule has 0 N–H and O–H groups in total. The molecule has 0 aliphatic carbocycles. The van der Waals surface area contributed by atoms with E-state index in [9.17, 15) is 14.4 Å². The van der Waals surface area contributed by atoms with E-state index in [-0.39, 0.29) is 31.1 Å². The molecule has 0 spiro atoms. The van der Waals surface area contributed by atoms with Crippen LogP contribution < -0.4 is 0 Å². The molecule has 426 valence electrons. The van der Waals surface area contributed by atoms with Gasteiger partial charge in [0.2, 0.25) is 0 Å². The fourth-order valence-electron chi connectivity index (χ4n) is 9.41. The summed E-state index contributed by atoms with van der Waals surface area (Å²) in [5.74, 6) is -0.867. The summed E-state index contributed by atoms with van der Waals surface area (Å²) >= 11 is 0. The zero-order valence-electron chi connectivity index (χ0n) is 48.9. The number of hydrogen-bond donors (Lipinski definition) is 0.